The van der Waals surface area contributed by atoms with Crippen molar-refractivity contribution in [1.82, 2.24) is 0 Å². The van der Waals surface area contributed by atoms with Crippen LogP contribution in [0.15, 0.2) is 42.5 Å². The van der Waals surface area contributed by atoms with Gasteiger partial charge in [0, 0.05) is 11.6 Å². The Morgan fingerprint density at radius 1 is 1.26 bits per heavy atom. The van der Waals surface area contributed by atoms with Crippen LogP contribution in [-0.4, -0.2) is 22.6 Å². The number of nitro benzene ring substituents is 1. The van der Waals surface area contributed by atoms with Crippen LogP contribution in [0.1, 0.15) is 30.1 Å². The highest BCUT2D eigenvalue weighted by atomic mass is 16.6. The molecule has 0 bridgehead atoms. The summed E-state index contributed by atoms with van der Waals surface area (Å²) in [5.74, 6) is -0.876. The number of benzene rings is 2. The molecular formula is C17H17NO5. The predicted octanol–water partition coefficient (Wildman–Crippen LogP) is 4.14. The van der Waals surface area contributed by atoms with Crippen molar-refractivity contribution in [2.24, 2.45) is 0 Å². The lowest BCUT2D eigenvalue weighted by Crippen LogP contribution is -2.02. The second kappa shape index (κ2) is 7.40. The molecule has 0 aliphatic rings. The smallest absolute Gasteiger partial charge is 0.335 e. The Labute approximate surface area is 133 Å². The molecule has 0 amide bonds. The average molecular weight is 315 g/mol. The van der Waals surface area contributed by atoms with E-state index in [9.17, 15) is 14.9 Å². The summed E-state index contributed by atoms with van der Waals surface area (Å²) < 4.78 is 5.64. The number of unbranched alkanes of at least 4 members (excludes halogenated alkanes) is 1. The molecule has 0 unspecified atom stereocenters. The third kappa shape index (κ3) is 3.85. The number of hydrogen-bond donors (Lipinski definition) is 1. The van der Waals surface area contributed by atoms with E-state index in [2.05, 4.69) is 0 Å². The molecule has 0 aliphatic heterocycles. The summed E-state index contributed by atoms with van der Waals surface area (Å²) in [6, 6.07) is 10.9. The van der Waals surface area contributed by atoms with E-state index < -0.39 is 10.9 Å². The molecular weight excluding hydrogens is 298 g/mol. The number of carbonyl (C=O) groups is 1. The summed E-state index contributed by atoms with van der Waals surface area (Å²) in [6.45, 7) is 2.37. The minimum absolute atomic E-state index is 0.119. The van der Waals surface area contributed by atoms with Crippen LogP contribution < -0.4 is 4.74 Å². The second-order valence-corrected chi connectivity index (χ2v) is 5.00. The van der Waals surface area contributed by atoms with E-state index >= 15 is 0 Å². The Kier molecular flexibility index (Phi) is 5.30. The van der Waals surface area contributed by atoms with Crippen LogP contribution in [0.25, 0.3) is 11.1 Å². The molecule has 2 rings (SSSR count). The topological polar surface area (TPSA) is 89.7 Å². The van der Waals surface area contributed by atoms with Crippen molar-refractivity contribution in [1.29, 1.82) is 0 Å². The van der Waals surface area contributed by atoms with E-state index in [1.807, 2.05) is 6.92 Å². The van der Waals surface area contributed by atoms with E-state index in [1.54, 1.807) is 24.3 Å². The van der Waals surface area contributed by atoms with Crippen molar-refractivity contribution >= 4 is 11.7 Å². The summed E-state index contributed by atoms with van der Waals surface area (Å²) >= 11 is 0. The lowest BCUT2D eigenvalue weighted by atomic mass is 10.0. The highest BCUT2D eigenvalue weighted by Gasteiger charge is 2.20. The molecule has 2 aromatic rings. The number of hydrogen-bond acceptors (Lipinski definition) is 4. The van der Waals surface area contributed by atoms with Crippen LogP contribution >= 0.6 is 0 Å². The SMILES string of the molecule is CCCCOc1c(-c2cccc(C(=O)O)c2)cccc1[N+](=O)[O-]. The first-order chi connectivity index (χ1) is 11.0. The van der Waals surface area contributed by atoms with E-state index in [-0.39, 0.29) is 17.0 Å². The first kappa shape index (κ1) is 16.5. The number of nitrogens with zero attached hydrogens (tertiary/aromatic N) is 1. The fraction of sp³-hybridized carbons (Fsp3) is 0.235. The van der Waals surface area contributed by atoms with Gasteiger partial charge in [-0.1, -0.05) is 37.6 Å². The third-order valence-electron chi connectivity index (χ3n) is 3.36. The van der Waals surface area contributed by atoms with Gasteiger partial charge in [-0.05, 0) is 24.1 Å². The van der Waals surface area contributed by atoms with Crippen molar-refractivity contribution in [3.05, 3.63) is 58.1 Å². The predicted molar refractivity (Wildman–Crippen MR) is 85.9 cm³/mol. The number of rotatable bonds is 7. The van der Waals surface area contributed by atoms with Gasteiger partial charge in [0.05, 0.1) is 17.1 Å². The summed E-state index contributed by atoms with van der Waals surface area (Å²) in [5, 5.41) is 20.3. The van der Waals surface area contributed by atoms with E-state index in [1.165, 1.54) is 18.2 Å². The van der Waals surface area contributed by atoms with E-state index in [4.69, 9.17) is 9.84 Å². The number of nitro groups is 1. The summed E-state index contributed by atoms with van der Waals surface area (Å²) in [5.41, 5.74) is 1.08. The van der Waals surface area contributed by atoms with Crippen molar-refractivity contribution in [2.45, 2.75) is 19.8 Å². The van der Waals surface area contributed by atoms with Crippen LogP contribution in [0.3, 0.4) is 0 Å². The van der Waals surface area contributed by atoms with Gasteiger partial charge in [-0.25, -0.2) is 4.79 Å². The monoisotopic (exact) mass is 315 g/mol. The Hall–Kier alpha value is -2.89. The number of para-hydroxylation sites is 1. The number of aromatic carboxylic acids is 1. The molecule has 0 heterocycles. The maximum Gasteiger partial charge on any atom is 0.335 e. The maximum atomic E-state index is 11.2. The molecule has 0 aliphatic carbocycles. The largest absolute Gasteiger partial charge is 0.486 e. The van der Waals surface area contributed by atoms with Crippen LogP contribution in [0.2, 0.25) is 0 Å². The van der Waals surface area contributed by atoms with Crippen LogP contribution in [0, 0.1) is 10.1 Å². The Morgan fingerprint density at radius 2 is 2.00 bits per heavy atom. The van der Waals surface area contributed by atoms with Crippen LogP contribution in [0.4, 0.5) is 5.69 Å². The molecule has 1 N–H and O–H groups in total. The molecule has 0 saturated heterocycles. The number of carboxylic acid groups (broad SMARTS) is 1. The Bertz CT molecular complexity index is 727. The highest BCUT2D eigenvalue weighted by Crippen LogP contribution is 2.38. The van der Waals surface area contributed by atoms with Crippen molar-refractivity contribution < 1.29 is 19.6 Å². The number of ether oxygens (including phenoxy) is 1. The zero-order valence-electron chi connectivity index (χ0n) is 12.7. The minimum atomic E-state index is -1.05. The van der Waals surface area contributed by atoms with Gasteiger partial charge in [0.25, 0.3) is 0 Å². The number of carboxylic acids is 1. The lowest BCUT2D eigenvalue weighted by molar-refractivity contribution is -0.385. The molecule has 0 radical (unpaired) electrons. The first-order valence-corrected chi connectivity index (χ1v) is 7.28. The normalized spacial score (nSPS) is 10.3. The first-order valence-electron chi connectivity index (χ1n) is 7.28. The minimum Gasteiger partial charge on any atom is -0.486 e. The van der Waals surface area contributed by atoms with Crippen molar-refractivity contribution in [3.63, 3.8) is 0 Å². The zero-order valence-corrected chi connectivity index (χ0v) is 12.7. The molecule has 0 aromatic heterocycles. The Morgan fingerprint density at radius 3 is 2.65 bits per heavy atom. The fourth-order valence-electron chi connectivity index (χ4n) is 2.19. The van der Waals surface area contributed by atoms with E-state index in [0.717, 1.165) is 12.8 Å². The van der Waals surface area contributed by atoms with E-state index in [0.29, 0.717) is 17.7 Å². The second-order valence-electron chi connectivity index (χ2n) is 5.00. The molecule has 0 saturated carbocycles. The van der Waals surface area contributed by atoms with Gasteiger partial charge in [-0.3, -0.25) is 10.1 Å². The van der Waals surface area contributed by atoms with Gasteiger partial charge < -0.3 is 9.84 Å². The standard InChI is InChI=1S/C17H17NO5/c1-2-3-10-23-16-14(8-5-9-15(16)18(21)22)12-6-4-7-13(11-12)17(19)20/h4-9,11H,2-3,10H2,1H3,(H,19,20). The molecule has 120 valence electrons. The lowest BCUT2D eigenvalue weighted by Gasteiger charge is -2.12. The van der Waals surface area contributed by atoms with Crippen molar-refractivity contribution in [2.75, 3.05) is 6.61 Å². The molecule has 6 nitrogen and oxygen atoms in total. The summed E-state index contributed by atoms with van der Waals surface area (Å²) in [4.78, 5) is 21.9. The van der Waals surface area contributed by atoms with Crippen LogP contribution in [0.5, 0.6) is 5.75 Å². The summed E-state index contributed by atoms with van der Waals surface area (Å²) in [7, 11) is 0. The van der Waals surface area contributed by atoms with Gasteiger partial charge in [0.2, 0.25) is 5.75 Å². The quantitative estimate of drug-likeness (QED) is 0.471. The Balaban J connectivity index is 2.52. The highest BCUT2D eigenvalue weighted by molar-refractivity contribution is 5.90. The fourth-order valence-corrected chi connectivity index (χ4v) is 2.19. The molecule has 6 heteroatoms. The molecule has 0 fully saturated rings. The summed E-state index contributed by atoms with van der Waals surface area (Å²) in [6.07, 6.45) is 1.69. The molecule has 0 atom stereocenters. The average Bonchev–Trinajstić information content (AvgIpc) is 2.55. The third-order valence-corrected chi connectivity index (χ3v) is 3.36. The molecule has 0 spiro atoms. The zero-order chi connectivity index (χ0) is 16.8. The molecule has 2 aromatic carbocycles. The van der Waals surface area contributed by atoms with Gasteiger partial charge in [-0.15, -0.1) is 0 Å². The molecule has 23 heavy (non-hydrogen) atoms. The maximum absolute atomic E-state index is 11.2. The van der Waals surface area contributed by atoms with Gasteiger partial charge in [-0.2, -0.15) is 0 Å². The van der Waals surface area contributed by atoms with Gasteiger partial charge in [0.15, 0.2) is 0 Å². The van der Waals surface area contributed by atoms with Gasteiger partial charge >= 0.3 is 11.7 Å². The van der Waals surface area contributed by atoms with Gasteiger partial charge in [0.1, 0.15) is 0 Å². The van der Waals surface area contributed by atoms with Crippen LogP contribution in [-0.2, 0) is 0 Å². The van der Waals surface area contributed by atoms with Crippen molar-refractivity contribution in [3.8, 4) is 16.9 Å².